The molecule has 0 atom stereocenters. The smallest absolute Gasteiger partial charge is 0.354 e. The SMILES string of the molecule is CN(Cc1ccc(F)cc1Cl)C1CCN(c2nnc(-c3ccnn3C)c3ccccc23)CC1.CN(Cc1ccc(F)nc1C(F)(F)F)C1CCN(c2nnc(-c3ccnn3C)c3ccccc23)CC1. The molecule has 2 aliphatic rings. The van der Waals surface area contributed by atoms with Crippen LogP contribution in [-0.4, -0.2) is 107 Å². The van der Waals surface area contributed by atoms with Crippen LogP contribution in [0.25, 0.3) is 44.3 Å². The molecular formula is C50H51ClF5N13. The predicted molar refractivity (Wildman–Crippen MR) is 257 cm³/mol. The van der Waals surface area contributed by atoms with Crippen molar-refractivity contribution in [1.82, 2.24) is 54.7 Å². The number of anilines is 2. The molecule has 2 fully saturated rings. The van der Waals surface area contributed by atoms with E-state index in [1.165, 1.54) is 18.2 Å². The van der Waals surface area contributed by atoms with Crippen molar-refractivity contribution >= 4 is 44.8 Å². The second-order valence-corrected chi connectivity index (χ2v) is 18.1. The van der Waals surface area contributed by atoms with Crippen LogP contribution < -0.4 is 9.80 Å². The van der Waals surface area contributed by atoms with E-state index in [-0.39, 0.29) is 24.0 Å². The zero-order chi connectivity index (χ0) is 48.4. The number of piperidine rings is 2. The summed E-state index contributed by atoms with van der Waals surface area (Å²) >= 11 is 6.24. The van der Waals surface area contributed by atoms with Gasteiger partial charge in [0.1, 0.15) is 17.2 Å². The average molecular weight is 964 g/mol. The van der Waals surface area contributed by atoms with Crippen LogP contribution in [-0.2, 0) is 33.4 Å². The van der Waals surface area contributed by atoms with E-state index in [1.807, 2.05) is 72.2 Å². The molecule has 3 aromatic carbocycles. The van der Waals surface area contributed by atoms with Crippen LogP contribution in [0, 0.1) is 11.8 Å². The molecule has 0 amide bonds. The molecule has 8 aromatic rings. The van der Waals surface area contributed by atoms with E-state index in [4.69, 9.17) is 11.6 Å². The topological polar surface area (TPSA) is 113 Å². The number of halogens is 6. The number of hydrogen-bond acceptors (Lipinski definition) is 11. The van der Waals surface area contributed by atoms with Gasteiger partial charge in [-0.25, -0.2) is 9.37 Å². The van der Waals surface area contributed by atoms with Crippen LogP contribution in [0.3, 0.4) is 0 Å². The maximum atomic E-state index is 13.4. The molecule has 0 spiro atoms. The molecule has 19 heteroatoms. The molecule has 0 bridgehead atoms. The van der Waals surface area contributed by atoms with Gasteiger partial charge in [0.15, 0.2) is 17.3 Å². The molecule has 7 heterocycles. The van der Waals surface area contributed by atoms with Crippen molar-refractivity contribution in [2.24, 2.45) is 14.1 Å². The lowest BCUT2D eigenvalue weighted by atomic mass is 10.0. The van der Waals surface area contributed by atoms with Crippen molar-refractivity contribution in [3.8, 4) is 22.8 Å². The lowest BCUT2D eigenvalue weighted by Gasteiger charge is -2.37. The molecule has 358 valence electrons. The van der Waals surface area contributed by atoms with Crippen LogP contribution in [0.1, 0.15) is 42.5 Å². The number of hydrogen-bond donors (Lipinski definition) is 0. The third-order valence-corrected chi connectivity index (χ3v) is 13.7. The molecular weight excluding hydrogens is 913 g/mol. The number of alkyl halides is 3. The second kappa shape index (κ2) is 20.1. The summed E-state index contributed by atoms with van der Waals surface area (Å²) < 4.78 is 70.4. The molecule has 0 saturated carbocycles. The van der Waals surface area contributed by atoms with E-state index >= 15 is 0 Å². The molecule has 0 N–H and O–H groups in total. The van der Waals surface area contributed by atoms with Crippen molar-refractivity contribution < 1.29 is 22.0 Å². The van der Waals surface area contributed by atoms with Gasteiger partial charge in [-0.05, 0) is 81.2 Å². The minimum absolute atomic E-state index is 0.0311. The van der Waals surface area contributed by atoms with Crippen molar-refractivity contribution in [3.05, 3.63) is 137 Å². The van der Waals surface area contributed by atoms with E-state index < -0.39 is 17.8 Å². The minimum atomic E-state index is -4.71. The van der Waals surface area contributed by atoms with Gasteiger partial charge in [0.05, 0.1) is 11.4 Å². The molecule has 69 heavy (non-hydrogen) atoms. The third kappa shape index (κ3) is 10.2. The fraction of sp³-hybridized carbons (Fsp3) is 0.340. The van der Waals surface area contributed by atoms with Crippen LogP contribution >= 0.6 is 11.6 Å². The molecule has 10 rings (SSSR count). The number of fused-ring (bicyclic) bond motifs is 2. The number of nitrogens with zero attached hydrogens (tertiary/aromatic N) is 13. The molecule has 0 radical (unpaired) electrons. The monoisotopic (exact) mass is 963 g/mol. The summed E-state index contributed by atoms with van der Waals surface area (Å²) in [5.41, 5.74) is 3.19. The molecule has 13 nitrogen and oxygen atoms in total. The first-order valence-corrected chi connectivity index (χ1v) is 23.2. The summed E-state index contributed by atoms with van der Waals surface area (Å²) in [7, 11) is 7.68. The zero-order valence-corrected chi connectivity index (χ0v) is 39.4. The van der Waals surface area contributed by atoms with Crippen molar-refractivity contribution in [2.75, 3.05) is 50.1 Å². The summed E-state index contributed by atoms with van der Waals surface area (Å²) in [6, 6.07) is 27.4. The fourth-order valence-electron chi connectivity index (χ4n) is 9.56. The summed E-state index contributed by atoms with van der Waals surface area (Å²) in [4.78, 5) is 11.8. The van der Waals surface area contributed by atoms with Crippen molar-refractivity contribution in [1.29, 1.82) is 0 Å². The second-order valence-electron chi connectivity index (χ2n) is 17.7. The largest absolute Gasteiger partial charge is 0.433 e. The first-order chi connectivity index (χ1) is 33.2. The highest BCUT2D eigenvalue weighted by molar-refractivity contribution is 6.31. The van der Waals surface area contributed by atoms with E-state index in [0.717, 1.165) is 106 Å². The van der Waals surface area contributed by atoms with Crippen LogP contribution in [0.5, 0.6) is 0 Å². The van der Waals surface area contributed by atoms with Gasteiger partial charge in [-0.1, -0.05) is 72.3 Å². The molecule has 2 aliphatic heterocycles. The summed E-state index contributed by atoms with van der Waals surface area (Å²) in [6.07, 6.45) is 2.30. The van der Waals surface area contributed by atoms with Gasteiger partial charge in [0, 0.05) is 104 Å². The molecule has 5 aromatic heterocycles. The Morgan fingerprint density at radius 2 is 1.04 bits per heavy atom. The first kappa shape index (κ1) is 47.4. The Hall–Kier alpha value is -6.63. The van der Waals surface area contributed by atoms with E-state index in [2.05, 4.69) is 69.5 Å². The number of aryl methyl sites for hydroxylation is 2. The number of aromatic nitrogens is 9. The van der Waals surface area contributed by atoms with Gasteiger partial charge < -0.3 is 9.80 Å². The lowest BCUT2D eigenvalue weighted by molar-refractivity contribution is -0.142. The Labute approximate surface area is 401 Å². The number of rotatable bonds is 10. The highest BCUT2D eigenvalue weighted by Crippen LogP contribution is 2.36. The van der Waals surface area contributed by atoms with Crippen LogP contribution in [0.2, 0.25) is 5.02 Å². The quantitative estimate of drug-likeness (QED) is 0.0965. The summed E-state index contributed by atoms with van der Waals surface area (Å²) in [6.45, 7) is 3.91. The van der Waals surface area contributed by atoms with Crippen LogP contribution in [0.15, 0.2) is 103 Å². The van der Waals surface area contributed by atoms with Gasteiger partial charge >= 0.3 is 6.18 Å². The predicted octanol–water partition coefficient (Wildman–Crippen LogP) is 9.61. The van der Waals surface area contributed by atoms with Crippen molar-refractivity contribution in [2.45, 2.75) is 57.0 Å². The average Bonchev–Trinajstić information content (AvgIpc) is 3.99. The number of benzene rings is 3. The maximum Gasteiger partial charge on any atom is 0.433 e. The molecule has 0 aliphatic carbocycles. The fourth-order valence-corrected chi connectivity index (χ4v) is 9.78. The molecule has 2 saturated heterocycles. The Morgan fingerprint density at radius 1 is 0.594 bits per heavy atom. The Morgan fingerprint density at radius 3 is 1.48 bits per heavy atom. The standard InChI is InChI=1S/C25H26ClFN6.C25H25F4N7/c1-31(16-17-7-8-18(27)15-22(17)26)19-10-13-33(14-11-19)25-21-6-4-3-5-20(21)24(29-30-25)23-9-12-28-32(23)2;1-34(15-16-7-8-21(26)31-23(16)25(27,28)29)17-10-13-36(14-11-17)24-19-6-4-3-5-18(19)22(32-33-24)20-9-12-30-35(20)2/h3-9,12,15,19H,10-11,13-14,16H2,1-2H3;3-9,12,17H,10-11,13-15H2,1-2H3. The van der Waals surface area contributed by atoms with Gasteiger partial charge in [-0.2, -0.15) is 27.8 Å². The first-order valence-electron chi connectivity index (χ1n) is 22.8. The van der Waals surface area contributed by atoms with Gasteiger partial charge in [-0.3, -0.25) is 19.2 Å². The summed E-state index contributed by atoms with van der Waals surface area (Å²) in [5.74, 6) is 0.283. The van der Waals surface area contributed by atoms with E-state index in [9.17, 15) is 22.0 Å². The maximum absolute atomic E-state index is 13.4. The van der Waals surface area contributed by atoms with Gasteiger partial charge in [0.25, 0.3) is 0 Å². The third-order valence-electron chi connectivity index (χ3n) is 13.3. The number of pyridine rings is 1. The normalized spacial score (nSPS) is 15.1. The van der Waals surface area contributed by atoms with Crippen molar-refractivity contribution in [3.63, 3.8) is 0 Å². The van der Waals surface area contributed by atoms with E-state index in [1.54, 1.807) is 30.2 Å². The van der Waals surface area contributed by atoms with Gasteiger partial charge in [-0.15, -0.1) is 20.4 Å². The lowest BCUT2D eigenvalue weighted by Crippen LogP contribution is -2.43. The summed E-state index contributed by atoms with van der Waals surface area (Å²) in [5, 5.41) is 31.5. The van der Waals surface area contributed by atoms with E-state index in [0.29, 0.717) is 30.7 Å². The zero-order valence-electron chi connectivity index (χ0n) is 38.6. The highest BCUT2D eigenvalue weighted by atomic mass is 35.5. The Bertz CT molecular complexity index is 3070. The molecule has 0 unspecified atom stereocenters. The minimum Gasteiger partial charge on any atom is -0.354 e. The van der Waals surface area contributed by atoms with Crippen LogP contribution in [0.4, 0.5) is 33.6 Å². The van der Waals surface area contributed by atoms with Gasteiger partial charge in [0.2, 0.25) is 5.95 Å². The Kier molecular flexibility index (Phi) is 13.8. The Balaban J connectivity index is 0.000000172. The highest BCUT2D eigenvalue weighted by Gasteiger charge is 2.37.